The van der Waals surface area contributed by atoms with Crippen molar-refractivity contribution in [3.05, 3.63) is 94.8 Å². The molecule has 0 N–H and O–H groups in total. The number of rotatable bonds is 7. The molecule has 0 aliphatic heterocycles. The van der Waals surface area contributed by atoms with Crippen molar-refractivity contribution in [1.82, 2.24) is 0 Å². The smallest absolute Gasteiger partial charge is 0.429 e. The number of alkyl halides is 2. The van der Waals surface area contributed by atoms with Gasteiger partial charge in [-0.25, -0.2) is 13.2 Å². The molecule has 172 valence electrons. The molecule has 0 amide bonds. The summed E-state index contributed by atoms with van der Waals surface area (Å²) in [6.45, 7) is 5.42. The molecule has 0 saturated carbocycles. The second-order valence-electron chi connectivity index (χ2n) is 8.36. The quantitative estimate of drug-likeness (QED) is 0.326. The van der Waals surface area contributed by atoms with E-state index in [9.17, 15) is 22.0 Å². The Balaban J connectivity index is 1.58. The lowest BCUT2D eigenvalue weighted by atomic mass is 9.99. The summed E-state index contributed by atoms with van der Waals surface area (Å²) in [6.07, 6.45) is 1.03. The minimum Gasteiger partial charge on any atom is -0.429 e. The number of fused-ring (bicyclic) bond motifs is 1. The second kappa shape index (κ2) is 9.00. The van der Waals surface area contributed by atoms with Crippen LogP contribution in [0, 0.1) is 23.4 Å². The maximum absolute atomic E-state index is 14.7. The van der Waals surface area contributed by atoms with Crippen molar-refractivity contribution in [3.63, 3.8) is 0 Å². The van der Waals surface area contributed by atoms with E-state index < -0.39 is 40.4 Å². The first kappa shape index (κ1) is 23.0. The molecule has 0 spiro atoms. The van der Waals surface area contributed by atoms with Gasteiger partial charge in [0.1, 0.15) is 23.2 Å². The first-order chi connectivity index (χ1) is 15.7. The molecule has 3 aromatic carbocycles. The predicted octanol–water partition coefficient (Wildman–Crippen LogP) is 8.06. The van der Waals surface area contributed by atoms with Crippen LogP contribution in [0.1, 0.15) is 42.0 Å². The van der Waals surface area contributed by atoms with E-state index in [0.29, 0.717) is 23.6 Å². The summed E-state index contributed by atoms with van der Waals surface area (Å²) in [5.41, 5.74) is 2.19. The van der Waals surface area contributed by atoms with E-state index in [0.717, 1.165) is 49.5 Å². The van der Waals surface area contributed by atoms with Crippen LogP contribution in [0.15, 0.2) is 55.1 Å². The molecule has 1 nitrogen and oxygen atoms in total. The van der Waals surface area contributed by atoms with Crippen LogP contribution in [-0.4, -0.2) is 0 Å². The Bertz CT molecular complexity index is 1180. The fraction of sp³-hybridized carbons (Fsp3) is 0.259. The van der Waals surface area contributed by atoms with Crippen molar-refractivity contribution in [2.75, 3.05) is 0 Å². The van der Waals surface area contributed by atoms with Gasteiger partial charge in [-0.1, -0.05) is 56.7 Å². The molecular weight excluding hydrogens is 435 g/mol. The Morgan fingerprint density at radius 1 is 0.909 bits per heavy atom. The fourth-order valence-corrected chi connectivity index (χ4v) is 4.45. The van der Waals surface area contributed by atoms with Crippen molar-refractivity contribution < 1.29 is 26.7 Å². The van der Waals surface area contributed by atoms with Gasteiger partial charge >= 0.3 is 6.11 Å². The van der Waals surface area contributed by atoms with Gasteiger partial charge in [0.2, 0.25) is 0 Å². The van der Waals surface area contributed by atoms with Crippen LogP contribution in [0.2, 0.25) is 0 Å². The van der Waals surface area contributed by atoms with Gasteiger partial charge in [-0.15, -0.1) is 0 Å². The van der Waals surface area contributed by atoms with Gasteiger partial charge in [0, 0.05) is 17.7 Å². The van der Waals surface area contributed by atoms with E-state index in [4.69, 9.17) is 0 Å². The van der Waals surface area contributed by atoms with Gasteiger partial charge in [0.15, 0.2) is 0 Å². The lowest BCUT2D eigenvalue weighted by Crippen LogP contribution is -2.23. The van der Waals surface area contributed by atoms with E-state index in [1.165, 1.54) is 17.2 Å². The van der Waals surface area contributed by atoms with Crippen LogP contribution in [-0.2, 0) is 19.0 Å². The van der Waals surface area contributed by atoms with Crippen molar-refractivity contribution in [1.29, 1.82) is 0 Å². The molecule has 1 atom stereocenters. The first-order valence-corrected chi connectivity index (χ1v) is 10.8. The molecule has 6 heteroatoms. The lowest BCUT2D eigenvalue weighted by molar-refractivity contribution is -0.187. The largest absolute Gasteiger partial charge is 0.429 e. The zero-order valence-electron chi connectivity index (χ0n) is 18.1. The SMILES string of the molecule is C=Cc1c(F)cc(OC(F)(F)c2ccc(-c3ccc4c(c3)CC(CCC)C4)cc2F)cc1F. The number of halogens is 5. The van der Waals surface area contributed by atoms with Gasteiger partial charge in [0.05, 0.1) is 5.56 Å². The zero-order valence-corrected chi connectivity index (χ0v) is 18.1. The molecule has 0 heterocycles. The highest BCUT2D eigenvalue weighted by atomic mass is 19.3. The van der Waals surface area contributed by atoms with Crippen molar-refractivity contribution in [2.24, 2.45) is 5.92 Å². The van der Waals surface area contributed by atoms with Crippen LogP contribution in [0.4, 0.5) is 22.0 Å². The normalized spacial score (nSPS) is 15.4. The van der Waals surface area contributed by atoms with Crippen LogP contribution < -0.4 is 4.74 Å². The summed E-state index contributed by atoms with van der Waals surface area (Å²) < 4.78 is 76.2. The molecular formula is C27H23F5O. The van der Waals surface area contributed by atoms with Crippen LogP contribution in [0.25, 0.3) is 17.2 Å². The van der Waals surface area contributed by atoms with Crippen LogP contribution in [0.5, 0.6) is 5.75 Å². The number of benzene rings is 3. The number of hydrogen-bond donors (Lipinski definition) is 0. The molecule has 0 saturated heterocycles. The van der Waals surface area contributed by atoms with Gasteiger partial charge in [-0.3, -0.25) is 0 Å². The third-order valence-electron chi connectivity index (χ3n) is 6.04. The Kier molecular flexibility index (Phi) is 6.28. The summed E-state index contributed by atoms with van der Waals surface area (Å²) in [6, 6.07) is 10.4. The molecule has 1 aliphatic carbocycles. The second-order valence-corrected chi connectivity index (χ2v) is 8.36. The summed E-state index contributed by atoms with van der Waals surface area (Å²) >= 11 is 0. The van der Waals surface area contributed by atoms with E-state index in [2.05, 4.69) is 18.2 Å². The average molecular weight is 458 g/mol. The zero-order chi connectivity index (χ0) is 23.8. The Morgan fingerprint density at radius 3 is 2.18 bits per heavy atom. The topological polar surface area (TPSA) is 9.23 Å². The van der Waals surface area contributed by atoms with E-state index in [-0.39, 0.29) is 0 Å². The van der Waals surface area contributed by atoms with Crippen LogP contribution in [0.3, 0.4) is 0 Å². The molecule has 0 aromatic heterocycles. The Morgan fingerprint density at radius 2 is 1.55 bits per heavy atom. The monoisotopic (exact) mass is 458 g/mol. The lowest BCUT2D eigenvalue weighted by Gasteiger charge is -2.20. The maximum atomic E-state index is 14.7. The third-order valence-corrected chi connectivity index (χ3v) is 6.04. The van der Waals surface area contributed by atoms with Gasteiger partial charge < -0.3 is 4.74 Å². The number of ether oxygens (including phenoxy) is 1. The summed E-state index contributed by atoms with van der Waals surface area (Å²) in [4.78, 5) is 0. The van der Waals surface area contributed by atoms with Gasteiger partial charge in [-0.05, 0) is 53.1 Å². The maximum Gasteiger partial charge on any atom is 0.429 e. The highest BCUT2D eigenvalue weighted by Crippen LogP contribution is 2.37. The van der Waals surface area contributed by atoms with E-state index >= 15 is 0 Å². The summed E-state index contributed by atoms with van der Waals surface area (Å²) in [5, 5.41) is 0. The molecule has 0 fully saturated rings. The molecule has 0 bridgehead atoms. The van der Waals surface area contributed by atoms with E-state index in [1.54, 1.807) is 0 Å². The first-order valence-electron chi connectivity index (χ1n) is 10.8. The Labute approximate surface area is 189 Å². The third kappa shape index (κ3) is 4.65. The average Bonchev–Trinajstić information content (AvgIpc) is 3.15. The molecule has 4 rings (SSSR count). The minimum absolute atomic E-state index is 0.459. The molecule has 33 heavy (non-hydrogen) atoms. The fourth-order valence-electron chi connectivity index (χ4n) is 4.45. The minimum atomic E-state index is -4.14. The summed E-state index contributed by atoms with van der Waals surface area (Å²) in [5.74, 6) is -3.55. The highest BCUT2D eigenvalue weighted by molar-refractivity contribution is 5.66. The molecule has 1 aliphatic rings. The Hall–Kier alpha value is -3.15. The standard InChI is InChI=1S/C27H23F5O/c1-3-5-16-10-17-6-7-18(12-20(17)11-16)19-8-9-23(26(30)13-19)27(31,32)33-21-14-24(28)22(4-2)25(29)15-21/h4,6-9,12-16H,2-3,5,10-11H2,1H3. The van der Waals surface area contributed by atoms with Crippen molar-refractivity contribution in [2.45, 2.75) is 38.7 Å². The van der Waals surface area contributed by atoms with Crippen molar-refractivity contribution in [3.8, 4) is 16.9 Å². The molecule has 0 radical (unpaired) electrons. The highest BCUT2D eigenvalue weighted by Gasteiger charge is 2.38. The molecule has 1 unspecified atom stereocenters. The predicted molar refractivity (Wildman–Crippen MR) is 119 cm³/mol. The van der Waals surface area contributed by atoms with Crippen molar-refractivity contribution >= 4 is 6.08 Å². The van der Waals surface area contributed by atoms with E-state index in [1.807, 2.05) is 18.2 Å². The summed E-state index contributed by atoms with van der Waals surface area (Å²) in [7, 11) is 0. The van der Waals surface area contributed by atoms with Gasteiger partial charge in [-0.2, -0.15) is 8.78 Å². The molecule has 3 aromatic rings. The van der Waals surface area contributed by atoms with Crippen LogP contribution >= 0.6 is 0 Å². The number of hydrogen-bond acceptors (Lipinski definition) is 1. The van der Waals surface area contributed by atoms with Gasteiger partial charge in [0.25, 0.3) is 0 Å².